The molecule has 2 aromatic heterocycles. The molecule has 1 N–H and O–H groups in total. The zero-order valence-electron chi connectivity index (χ0n) is 11.2. The predicted octanol–water partition coefficient (Wildman–Crippen LogP) is 3.40. The molecule has 20 heavy (non-hydrogen) atoms. The molecule has 1 aromatic carbocycles. The summed E-state index contributed by atoms with van der Waals surface area (Å²) in [6.07, 6.45) is 3.35. The topological polar surface area (TPSA) is 55.6 Å². The number of nitrogens with zero attached hydrogens (tertiary/aromatic N) is 4. The summed E-state index contributed by atoms with van der Waals surface area (Å²) < 4.78 is 2.82. The fourth-order valence-corrected chi connectivity index (χ4v) is 2.42. The van der Waals surface area contributed by atoms with Crippen LogP contribution in [0.4, 0.5) is 5.82 Å². The van der Waals surface area contributed by atoms with Crippen molar-refractivity contribution in [1.29, 1.82) is 0 Å². The van der Waals surface area contributed by atoms with Gasteiger partial charge in [-0.25, -0.2) is 14.6 Å². The Morgan fingerprint density at radius 3 is 2.85 bits per heavy atom. The van der Waals surface area contributed by atoms with Gasteiger partial charge in [0, 0.05) is 10.5 Å². The Morgan fingerprint density at radius 1 is 1.25 bits per heavy atom. The summed E-state index contributed by atoms with van der Waals surface area (Å²) in [6, 6.07) is 8.26. The van der Waals surface area contributed by atoms with Crippen LogP contribution in [0.3, 0.4) is 0 Å². The number of hydrogen-bond donors (Lipinski definition) is 1. The van der Waals surface area contributed by atoms with Crippen LogP contribution in [0.15, 0.2) is 41.3 Å². The first-order valence-corrected chi connectivity index (χ1v) is 7.15. The van der Waals surface area contributed by atoms with E-state index in [1.807, 2.05) is 28.9 Å². The predicted molar refractivity (Wildman–Crippen MR) is 83.1 cm³/mol. The number of hydrogen-bond acceptors (Lipinski definition) is 4. The van der Waals surface area contributed by atoms with E-state index in [9.17, 15) is 0 Å². The molecular weight excluding hydrogens is 318 g/mol. The molecule has 0 atom stereocenters. The Morgan fingerprint density at radius 2 is 2.10 bits per heavy atom. The van der Waals surface area contributed by atoms with Gasteiger partial charge in [-0.2, -0.15) is 5.10 Å². The molecule has 0 radical (unpaired) electrons. The molecule has 0 bridgehead atoms. The second-order valence-corrected chi connectivity index (χ2v) is 5.71. The summed E-state index contributed by atoms with van der Waals surface area (Å²) in [5, 5.41) is 8.66. The molecule has 0 saturated carbocycles. The van der Waals surface area contributed by atoms with E-state index in [1.54, 1.807) is 12.5 Å². The maximum absolute atomic E-state index is 4.43. The third kappa shape index (κ3) is 2.38. The largest absolute Gasteiger partial charge is 0.367 e. The number of aromatic nitrogens is 4. The second-order valence-electron chi connectivity index (χ2n) is 4.79. The van der Waals surface area contributed by atoms with Crippen LogP contribution in [0.1, 0.15) is 13.8 Å². The summed E-state index contributed by atoms with van der Waals surface area (Å²) in [5.41, 5.74) is 1.75. The second kappa shape index (κ2) is 5.20. The number of nitrogens with one attached hydrogen (secondary N) is 1. The van der Waals surface area contributed by atoms with E-state index < -0.39 is 0 Å². The van der Waals surface area contributed by atoms with Crippen molar-refractivity contribution in [1.82, 2.24) is 19.7 Å². The molecule has 6 heteroatoms. The van der Waals surface area contributed by atoms with Crippen molar-refractivity contribution in [3.63, 3.8) is 0 Å². The minimum Gasteiger partial charge on any atom is -0.367 e. The number of halogens is 1. The average Bonchev–Trinajstić information content (AvgIpc) is 2.83. The van der Waals surface area contributed by atoms with Crippen molar-refractivity contribution >= 4 is 32.8 Å². The van der Waals surface area contributed by atoms with Crippen molar-refractivity contribution in [2.75, 3.05) is 5.32 Å². The van der Waals surface area contributed by atoms with Gasteiger partial charge in [0.1, 0.15) is 12.1 Å². The summed E-state index contributed by atoms with van der Waals surface area (Å²) >= 11 is 3.47. The van der Waals surface area contributed by atoms with Gasteiger partial charge < -0.3 is 5.32 Å². The quantitative estimate of drug-likeness (QED) is 0.799. The first kappa shape index (κ1) is 13.1. The van der Waals surface area contributed by atoms with Crippen molar-refractivity contribution in [3.8, 4) is 5.69 Å². The Labute approximate surface area is 125 Å². The van der Waals surface area contributed by atoms with Crippen LogP contribution in [0.2, 0.25) is 0 Å². The van der Waals surface area contributed by atoms with E-state index >= 15 is 0 Å². The van der Waals surface area contributed by atoms with Crippen molar-refractivity contribution in [2.45, 2.75) is 19.9 Å². The summed E-state index contributed by atoms with van der Waals surface area (Å²) in [6.45, 7) is 4.15. The van der Waals surface area contributed by atoms with Crippen LogP contribution in [-0.4, -0.2) is 25.8 Å². The smallest absolute Gasteiger partial charge is 0.168 e. The van der Waals surface area contributed by atoms with Gasteiger partial charge in [0.05, 0.1) is 17.3 Å². The molecule has 0 aliphatic rings. The zero-order valence-corrected chi connectivity index (χ0v) is 12.8. The van der Waals surface area contributed by atoms with Gasteiger partial charge in [-0.15, -0.1) is 0 Å². The maximum atomic E-state index is 4.43. The van der Waals surface area contributed by atoms with Crippen LogP contribution >= 0.6 is 15.9 Å². The Balaban J connectivity index is 2.15. The molecule has 0 unspecified atom stereocenters. The minimum atomic E-state index is 0.308. The Hall–Kier alpha value is -1.95. The highest BCUT2D eigenvalue weighted by Gasteiger charge is 2.11. The molecule has 5 nitrogen and oxygen atoms in total. The van der Waals surface area contributed by atoms with Crippen molar-refractivity contribution in [2.24, 2.45) is 0 Å². The highest BCUT2D eigenvalue weighted by atomic mass is 79.9. The zero-order chi connectivity index (χ0) is 14.1. The first-order chi connectivity index (χ1) is 9.65. The lowest BCUT2D eigenvalue weighted by molar-refractivity contribution is 0.885. The molecule has 0 amide bonds. The molecule has 2 heterocycles. The SMILES string of the molecule is CC(C)Nc1ncnc2c1cnn2-c1cccc(Br)c1. The molecule has 0 fully saturated rings. The molecule has 0 aliphatic carbocycles. The van der Waals surface area contributed by atoms with E-state index in [0.29, 0.717) is 6.04 Å². The van der Waals surface area contributed by atoms with Crippen LogP contribution in [-0.2, 0) is 0 Å². The summed E-state index contributed by atoms with van der Waals surface area (Å²) in [7, 11) is 0. The Bertz CT molecular complexity index is 750. The average molecular weight is 332 g/mol. The monoisotopic (exact) mass is 331 g/mol. The summed E-state index contributed by atoms with van der Waals surface area (Å²) in [5.74, 6) is 0.811. The van der Waals surface area contributed by atoms with Gasteiger partial charge in [-0.05, 0) is 32.0 Å². The Kier molecular flexibility index (Phi) is 3.40. The lowest BCUT2D eigenvalue weighted by Crippen LogP contribution is -2.11. The summed E-state index contributed by atoms with van der Waals surface area (Å²) in [4.78, 5) is 8.64. The highest BCUT2D eigenvalue weighted by Crippen LogP contribution is 2.23. The normalized spacial score (nSPS) is 11.2. The standard InChI is InChI=1S/C14H14BrN5/c1-9(2)19-13-12-7-18-20(14(12)17-8-16-13)11-5-3-4-10(15)6-11/h3-9H,1-2H3,(H,16,17,19). The van der Waals surface area contributed by atoms with Crippen molar-refractivity contribution in [3.05, 3.63) is 41.3 Å². The molecule has 0 spiro atoms. The minimum absolute atomic E-state index is 0.308. The third-order valence-electron chi connectivity index (χ3n) is 2.84. The van der Waals surface area contributed by atoms with Crippen LogP contribution in [0.25, 0.3) is 16.7 Å². The van der Waals surface area contributed by atoms with Crippen LogP contribution in [0, 0.1) is 0 Å². The van der Waals surface area contributed by atoms with Gasteiger partial charge in [0.15, 0.2) is 5.65 Å². The molecule has 0 saturated heterocycles. The van der Waals surface area contributed by atoms with Crippen LogP contribution < -0.4 is 5.32 Å². The van der Waals surface area contributed by atoms with Gasteiger partial charge in [0.25, 0.3) is 0 Å². The van der Waals surface area contributed by atoms with E-state index in [0.717, 1.165) is 27.0 Å². The molecule has 102 valence electrons. The first-order valence-electron chi connectivity index (χ1n) is 6.36. The lowest BCUT2D eigenvalue weighted by atomic mass is 10.3. The fraction of sp³-hybridized carbons (Fsp3) is 0.214. The van der Waals surface area contributed by atoms with Gasteiger partial charge in [-0.1, -0.05) is 22.0 Å². The number of anilines is 1. The highest BCUT2D eigenvalue weighted by molar-refractivity contribution is 9.10. The maximum Gasteiger partial charge on any atom is 0.168 e. The van der Waals surface area contributed by atoms with Gasteiger partial charge in [-0.3, -0.25) is 0 Å². The molecular formula is C14H14BrN5. The van der Waals surface area contributed by atoms with Gasteiger partial charge in [0.2, 0.25) is 0 Å². The fourth-order valence-electron chi connectivity index (χ4n) is 2.03. The van der Waals surface area contributed by atoms with E-state index in [1.165, 1.54) is 0 Å². The number of fused-ring (bicyclic) bond motifs is 1. The molecule has 3 aromatic rings. The lowest BCUT2D eigenvalue weighted by Gasteiger charge is -2.09. The molecule has 0 aliphatic heterocycles. The third-order valence-corrected chi connectivity index (χ3v) is 3.34. The van der Waals surface area contributed by atoms with E-state index in [-0.39, 0.29) is 0 Å². The van der Waals surface area contributed by atoms with E-state index in [2.05, 4.69) is 50.2 Å². The van der Waals surface area contributed by atoms with Crippen molar-refractivity contribution < 1.29 is 0 Å². The molecule has 3 rings (SSSR count). The number of benzene rings is 1. The van der Waals surface area contributed by atoms with E-state index in [4.69, 9.17) is 0 Å². The van der Waals surface area contributed by atoms with Gasteiger partial charge >= 0.3 is 0 Å². The number of rotatable bonds is 3. The van der Waals surface area contributed by atoms with Crippen LogP contribution in [0.5, 0.6) is 0 Å².